The van der Waals surface area contributed by atoms with Crippen molar-refractivity contribution in [2.45, 2.75) is 77.3 Å². The number of amides is 1. The van der Waals surface area contributed by atoms with Crippen molar-refractivity contribution < 1.29 is 27.5 Å². The summed E-state index contributed by atoms with van der Waals surface area (Å²) in [6, 6.07) is 3.93. The third-order valence-electron chi connectivity index (χ3n) is 4.60. The van der Waals surface area contributed by atoms with Gasteiger partial charge in [0.15, 0.2) is 0 Å². The minimum atomic E-state index is -4.44. The Morgan fingerprint density at radius 3 is 2.00 bits per heavy atom. The van der Waals surface area contributed by atoms with Crippen molar-refractivity contribution in [1.82, 2.24) is 5.32 Å². The molecule has 29 heavy (non-hydrogen) atoms. The van der Waals surface area contributed by atoms with Crippen molar-refractivity contribution in [3.05, 3.63) is 35.4 Å². The fourth-order valence-electron chi connectivity index (χ4n) is 2.86. The van der Waals surface area contributed by atoms with E-state index in [0.717, 1.165) is 43.5 Å². The van der Waals surface area contributed by atoms with Crippen LogP contribution in [0.3, 0.4) is 0 Å². The molecule has 0 saturated carbocycles. The van der Waals surface area contributed by atoms with Crippen LogP contribution in [0.2, 0.25) is 0 Å². The number of unbranched alkanes of at least 4 members (excludes halogenated alkanes) is 8. The Bertz CT molecular complexity index is 600. The average Bonchev–Trinajstić information content (AvgIpc) is 2.68. The predicted molar refractivity (Wildman–Crippen MR) is 107 cm³/mol. The number of ether oxygens (including phenoxy) is 1. The average molecular weight is 415 g/mol. The molecule has 1 aromatic carbocycles. The van der Waals surface area contributed by atoms with Gasteiger partial charge < -0.3 is 10.1 Å². The van der Waals surface area contributed by atoms with Crippen molar-refractivity contribution in [2.24, 2.45) is 0 Å². The molecule has 0 aliphatic carbocycles. The van der Waals surface area contributed by atoms with Gasteiger partial charge in [0.05, 0.1) is 18.6 Å². The molecule has 0 spiro atoms. The van der Waals surface area contributed by atoms with E-state index in [2.05, 4.69) is 12.2 Å². The van der Waals surface area contributed by atoms with E-state index in [1.807, 2.05) is 0 Å². The van der Waals surface area contributed by atoms with E-state index in [0.29, 0.717) is 6.61 Å². The molecular weight excluding hydrogens is 383 g/mol. The van der Waals surface area contributed by atoms with Gasteiger partial charge in [0, 0.05) is 12.1 Å². The maximum absolute atomic E-state index is 12.5. The van der Waals surface area contributed by atoms with Crippen LogP contribution in [0, 0.1) is 0 Å². The van der Waals surface area contributed by atoms with E-state index >= 15 is 0 Å². The van der Waals surface area contributed by atoms with Gasteiger partial charge in [0.1, 0.15) is 0 Å². The molecule has 0 fully saturated rings. The van der Waals surface area contributed by atoms with Crippen LogP contribution >= 0.6 is 0 Å². The van der Waals surface area contributed by atoms with E-state index in [1.165, 1.54) is 38.5 Å². The molecule has 0 aliphatic rings. The molecule has 0 saturated heterocycles. The zero-order chi connectivity index (χ0) is 21.5. The smallest absolute Gasteiger partial charge is 0.416 e. The van der Waals surface area contributed by atoms with E-state index < -0.39 is 23.6 Å². The Labute approximate surface area is 171 Å². The Hall–Kier alpha value is -2.05. The number of hydrogen-bond acceptors (Lipinski definition) is 3. The van der Waals surface area contributed by atoms with Gasteiger partial charge in [-0.05, 0) is 30.7 Å². The van der Waals surface area contributed by atoms with Crippen molar-refractivity contribution >= 4 is 11.9 Å². The number of rotatable bonds is 14. The molecule has 0 heterocycles. The Morgan fingerprint density at radius 1 is 0.897 bits per heavy atom. The summed E-state index contributed by atoms with van der Waals surface area (Å²) < 4.78 is 42.6. The van der Waals surface area contributed by atoms with Crippen molar-refractivity contribution in [3.63, 3.8) is 0 Å². The van der Waals surface area contributed by atoms with Crippen LogP contribution in [0.15, 0.2) is 24.3 Å². The third kappa shape index (κ3) is 11.5. The lowest BCUT2D eigenvalue weighted by Gasteiger charge is -2.08. The monoisotopic (exact) mass is 415 g/mol. The molecule has 1 rings (SSSR count). The number of hydrogen-bond donors (Lipinski definition) is 1. The molecule has 0 unspecified atom stereocenters. The minimum absolute atomic E-state index is 0.0316. The second-order valence-corrected chi connectivity index (χ2v) is 7.13. The summed E-state index contributed by atoms with van der Waals surface area (Å²) in [5.74, 6) is -0.914. The molecule has 0 bridgehead atoms. The van der Waals surface area contributed by atoms with Gasteiger partial charge in [-0.1, -0.05) is 58.3 Å². The predicted octanol–water partition coefficient (Wildman–Crippen LogP) is 5.90. The molecular formula is C22H32F3NO3. The van der Waals surface area contributed by atoms with E-state index in [9.17, 15) is 22.8 Å². The molecule has 1 amide bonds. The first-order valence-corrected chi connectivity index (χ1v) is 10.5. The first kappa shape index (κ1) is 25.0. The second-order valence-electron chi connectivity index (χ2n) is 7.13. The molecule has 0 radical (unpaired) electrons. The van der Waals surface area contributed by atoms with Crippen LogP contribution in [0.5, 0.6) is 0 Å². The highest BCUT2D eigenvalue weighted by molar-refractivity contribution is 5.94. The van der Waals surface area contributed by atoms with Gasteiger partial charge in [-0.3, -0.25) is 9.59 Å². The zero-order valence-corrected chi connectivity index (χ0v) is 17.2. The van der Waals surface area contributed by atoms with Crippen LogP contribution in [-0.2, 0) is 15.7 Å². The number of esters is 1. The molecule has 0 aliphatic heterocycles. The lowest BCUT2D eigenvalue weighted by molar-refractivity contribution is -0.143. The normalized spacial score (nSPS) is 11.3. The highest BCUT2D eigenvalue weighted by Gasteiger charge is 2.30. The summed E-state index contributed by atoms with van der Waals surface area (Å²) in [4.78, 5) is 23.5. The topological polar surface area (TPSA) is 55.4 Å². The fourth-order valence-corrected chi connectivity index (χ4v) is 2.86. The molecule has 4 nitrogen and oxygen atoms in total. The van der Waals surface area contributed by atoms with Crippen molar-refractivity contribution in [1.29, 1.82) is 0 Å². The standard InChI is InChI=1S/C22H32F3NO3/c1-2-3-4-5-6-7-8-9-10-17-29-20(27)15-16-26-21(28)18-11-13-19(14-12-18)22(23,24)25/h11-14H,2-10,15-17H2,1H3,(H,26,28). The first-order chi connectivity index (χ1) is 13.8. The van der Waals surface area contributed by atoms with Gasteiger partial charge in [0.2, 0.25) is 0 Å². The number of benzene rings is 1. The van der Waals surface area contributed by atoms with Crippen LogP contribution in [0.4, 0.5) is 13.2 Å². The first-order valence-electron chi connectivity index (χ1n) is 10.5. The van der Waals surface area contributed by atoms with Crippen LogP contribution < -0.4 is 5.32 Å². The molecule has 7 heteroatoms. The summed E-state index contributed by atoms with van der Waals surface area (Å²) in [6.07, 6.45) is 6.25. The van der Waals surface area contributed by atoms with Gasteiger partial charge in [-0.25, -0.2) is 0 Å². The number of carbonyl (C=O) groups is 2. The lowest BCUT2D eigenvalue weighted by Crippen LogP contribution is -2.26. The summed E-state index contributed by atoms with van der Waals surface area (Å²) in [6.45, 7) is 2.66. The Morgan fingerprint density at radius 2 is 1.45 bits per heavy atom. The maximum Gasteiger partial charge on any atom is 0.416 e. The van der Waals surface area contributed by atoms with E-state index in [4.69, 9.17) is 4.74 Å². The maximum atomic E-state index is 12.5. The summed E-state index contributed by atoms with van der Waals surface area (Å²) in [5.41, 5.74) is -0.699. The van der Waals surface area contributed by atoms with Gasteiger partial charge in [-0.2, -0.15) is 13.2 Å². The number of carbonyl (C=O) groups excluding carboxylic acids is 2. The summed E-state index contributed by atoms with van der Waals surface area (Å²) in [7, 11) is 0. The lowest BCUT2D eigenvalue weighted by atomic mass is 10.1. The van der Waals surface area contributed by atoms with Crippen LogP contribution in [0.1, 0.15) is 87.1 Å². The Kier molecular flexibility index (Phi) is 12.1. The number of halogens is 3. The van der Waals surface area contributed by atoms with E-state index in [-0.39, 0.29) is 18.5 Å². The number of nitrogens with one attached hydrogen (secondary N) is 1. The second kappa shape index (κ2) is 14.0. The fraction of sp³-hybridized carbons (Fsp3) is 0.636. The van der Waals surface area contributed by atoms with Gasteiger partial charge >= 0.3 is 12.1 Å². The molecule has 0 atom stereocenters. The minimum Gasteiger partial charge on any atom is -0.466 e. The van der Waals surface area contributed by atoms with Gasteiger partial charge in [0.25, 0.3) is 5.91 Å². The molecule has 1 N–H and O–H groups in total. The largest absolute Gasteiger partial charge is 0.466 e. The molecule has 164 valence electrons. The molecule has 1 aromatic rings. The highest BCUT2D eigenvalue weighted by atomic mass is 19.4. The molecule has 0 aromatic heterocycles. The van der Waals surface area contributed by atoms with Crippen molar-refractivity contribution in [2.75, 3.05) is 13.2 Å². The number of alkyl halides is 3. The van der Waals surface area contributed by atoms with Crippen LogP contribution in [0.25, 0.3) is 0 Å². The van der Waals surface area contributed by atoms with E-state index in [1.54, 1.807) is 0 Å². The summed E-state index contributed by atoms with van der Waals surface area (Å²) in [5, 5.41) is 2.51. The quantitative estimate of drug-likeness (QED) is 0.304. The van der Waals surface area contributed by atoms with Gasteiger partial charge in [-0.15, -0.1) is 0 Å². The van der Waals surface area contributed by atoms with Crippen LogP contribution in [-0.4, -0.2) is 25.0 Å². The Balaban J connectivity index is 2.06. The zero-order valence-electron chi connectivity index (χ0n) is 17.2. The SMILES string of the molecule is CCCCCCCCCCCOC(=O)CCNC(=O)c1ccc(C(F)(F)F)cc1. The van der Waals surface area contributed by atoms with Crippen molar-refractivity contribution in [3.8, 4) is 0 Å². The third-order valence-corrected chi connectivity index (χ3v) is 4.60. The highest BCUT2D eigenvalue weighted by Crippen LogP contribution is 2.29. The summed E-state index contributed by atoms with van der Waals surface area (Å²) >= 11 is 0.